The van der Waals surface area contributed by atoms with E-state index in [1.807, 2.05) is 0 Å². The van der Waals surface area contributed by atoms with Crippen molar-refractivity contribution in [3.63, 3.8) is 0 Å². The van der Waals surface area contributed by atoms with Crippen LogP contribution < -0.4 is 0 Å². The minimum Gasteiger partial charge on any atom is -0.466 e. The number of hydrogen-bond donors (Lipinski definition) is 0. The highest BCUT2D eigenvalue weighted by atomic mass is 16.6. The lowest BCUT2D eigenvalue weighted by molar-refractivity contribution is -0.155. The average Bonchev–Trinajstić information content (AvgIpc) is 2.45. The second kappa shape index (κ2) is 7.77. The third kappa shape index (κ3) is 5.49. The smallest absolute Gasteiger partial charge is 0.410 e. The third-order valence-electron chi connectivity index (χ3n) is 3.73. The summed E-state index contributed by atoms with van der Waals surface area (Å²) < 4.78 is 15.5. The lowest BCUT2D eigenvalue weighted by Crippen LogP contribution is -2.53. The number of hydrogen-bond acceptors (Lipinski definition) is 6. The van der Waals surface area contributed by atoms with Gasteiger partial charge in [0, 0.05) is 33.0 Å². The van der Waals surface area contributed by atoms with Crippen molar-refractivity contribution >= 4 is 17.8 Å². The summed E-state index contributed by atoms with van der Waals surface area (Å²) >= 11 is 0. The Kier molecular flexibility index (Phi) is 6.56. The molecule has 0 aliphatic carbocycles. The van der Waals surface area contributed by atoms with Crippen LogP contribution in [0.1, 0.15) is 47.0 Å². The summed E-state index contributed by atoms with van der Waals surface area (Å²) in [5.41, 5.74) is -1.60. The van der Waals surface area contributed by atoms with Gasteiger partial charge in [-0.05, 0) is 27.7 Å². The van der Waals surface area contributed by atoms with Crippen LogP contribution in [0.5, 0.6) is 0 Å². The lowest BCUT2D eigenvalue weighted by Gasteiger charge is -2.39. The summed E-state index contributed by atoms with van der Waals surface area (Å²) in [6.45, 7) is 8.02. The van der Waals surface area contributed by atoms with Crippen LogP contribution in [-0.2, 0) is 23.8 Å². The Morgan fingerprint density at radius 1 is 1.13 bits per heavy atom. The van der Waals surface area contributed by atoms with Crippen molar-refractivity contribution in [3.05, 3.63) is 0 Å². The van der Waals surface area contributed by atoms with E-state index >= 15 is 0 Å². The minimum absolute atomic E-state index is 0.235. The second-order valence-corrected chi connectivity index (χ2v) is 6.57. The number of ether oxygens (including phenoxy) is 3. The van der Waals surface area contributed by atoms with Gasteiger partial charge in [0.1, 0.15) is 17.6 Å². The number of carbonyl (C=O) groups excluding carboxylic acids is 3. The maximum absolute atomic E-state index is 12.4. The molecular formula is C16H27NO6. The van der Waals surface area contributed by atoms with Crippen molar-refractivity contribution in [1.29, 1.82) is 0 Å². The van der Waals surface area contributed by atoms with Crippen LogP contribution in [0.15, 0.2) is 0 Å². The molecule has 1 heterocycles. The minimum atomic E-state index is -1.04. The molecule has 1 aliphatic heterocycles. The predicted molar refractivity (Wildman–Crippen MR) is 83.0 cm³/mol. The van der Waals surface area contributed by atoms with E-state index in [1.54, 1.807) is 32.6 Å². The maximum atomic E-state index is 12.4. The second-order valence-electron chi connectivity index (χ2n) is 6.57. The van der Waals surface area contributed by atoms with Crippen molar-refractivity contribution < 1.29 is 28.6 Å². The molecule has 0 radical (unpaired) electrons. The van der Waals surface area contributed by atoms with E-state index in [9.17, 15) is 14.4 Å². The first-order chi connectivity index (χ1) is 10.6. The summed E-state index contributed by atoms with van der Waals surface area (Å²) in [4.78, 5) is 37.5. The first-order valence-electron chi connectivity index (χ1n) is 7.85. The van der Waals surface area contributed by atoms with Gasteiger partial charge in [0.25, 0.3) is 0 Å². The highest BCUT2D eigenvalue weighted by Crippen LogP contribution is 2.29. The van der Waals surface area contributed by atoms with Gasteiger partial charge in [-0.1, -0.05) is 0 Å². The molecule has 1 fully saturated rings. The number of likely N-dealkylation sites (tertiary alicyclic amines) is 1. The van der Waals surface area contributed by atoms with Crippen LogP contribution in [0.4, 0.5) is 4.79 Å². The number of carbonyl (C=O) groups is 3. The van der Waals surface area contributed by atoms with Gasteiger partial charge in [-0.25, -0.2) is 4.79 Å². The van der Waals surface area contributed by atoms with Crippen LogP contribution in [0, 0.1) is 0 Å². The van der Waals surface area contributed by atoms with Gasteiger partial charge < -0.3 is 19.1 Å². The molecule has 1 rings (SSSR count). The fourth-order valence-corrected chi connectivity index (χ4v) is 2.48. The van der Waals surface area contributed by atoms with Crippen molar-refractivity contribution in [3.8, 4) is 0 Å². The molecule has 132 valence electrons. The molecule has 7 nitrogen and oxygen atoms in total. The highest BCUT2D eigenvalue weighted by molar-refractivity contribution is 6.00. The molecule has 0 aromatic rings. The van der Waals surface area contributed by atoms with Gasteiger partial charge in [0.2, 0.25) is 0 Å². The number of esters is 1. The summed E-state index contributed by atoms with van der Waals surface area (Å²) in [6.07, 6.45) is -0.0455. The molecule has 1 amide bonds. The summed E-state index contributed by atoms with van der Waals surface area (Å²) in [7, 11) is 1.45. The molecule has 0 N–H and O–H groups in total. The quantitative estimate of drug-likeness (QED) is 0.566. The topological polar surface area (TPSA) is 82.1 Å². The Labute approximate surface area is 137 Å². The molecule has 1 saturated heterocycles. The SMILES string of the molecule is CCOC(=O)CC(=O)C1(OC)CCN(C(=O)OC(C)(C)C)CC1. The monoisotopic (exact) mass is 329 g/mol. The summed E-state index contributed by atoms with van der Waals surface area (Å²) in [5.74, 6) is -0.856. The Bertz CT molecular complexity index is 446. The predicted octanol–water partition coefficient (Wildman–Crippen LogP) is 1.92. The molecule has 0 saturated carbocycles. The first-order valence-corrected chi connectivity index (χ1v) is 7.85. The molecule has 0 unspecified atom stereocenters. The Hall–Kier alpha value is -1.63. The van der Waals surface area contributed by atoms with Crippen molar-refractivity contribution in [1.82, 2.24) is 4.90 Å². The first kappa shape index (κ1) is 19.4. The average molecular weight is 329 g/mol. The van der Waals surface area contributed by atoms with Crippen LogP contribution in [-0.4, -0.2) is 60.8 Å². The molecule has 0 aromatic heterocycles. The molecule has 1 aliphatic rings. The van der Waals surface area contributed by atoms with Gasteiger partial charge in [-0.3, -0.25) is 9.59 Å². The van der Waals surface area contributed by atoms with E-state index < -0.39 is 23.3 Å². The molecule has 0 spiro atoms. The van der Waals surface area contributed by atoms with Crippen LogP contribution >= 0.6 is 0 Å². The zero-order chi connectivity index (χ0) is 17.7. The normalized spacial score (nSPS) is 17.5. The molecule has 23 heavy (non-hydrogen) atoms. The molecule has 7 heteroatoms. The fraction of sp³-hybridized carbons (Fsp3) is 0.812. The van der Waals surface area contributed by atoms with Crippen LogP contribution in [0.2, 0.25) is 0 Å². The third-order valence-corrected chi connectivity index (χ3v) is 3.73. The maximum Gasteiger partial charge on any atom is 0.410 e. The van der Waals surface area contributed by atoms with E-state index in [-0.39, 0.29) is 18.8 Å². The van der Waals surface area contributed by atoms with Gasteiger partial charge in [0.05, 0.1) is 6.61 Å². The number of methoxy groups -OCH3 is 1. The zero-order valence-corrected chi connectivity index (χ0v) is 14.6. The van der Waals surface area contributed by atoms with Crippen molar-refractivity contribution in [2.75, 3.05) is 26.8 Å². The fourth-order valence-electron chi connectivity index (χ4n) is 2.48. The zero-order valence-electron chi connectivity index (χ0n) is 14.6. The van der Waals surface area contributed by atoms with Gasteiger partial charge in [-0.2, -0.15) is 0 Å². The number of rotatable bonds is 5. The number of ketones is 1. The summed E-state index contributed by atoms with van der Waals surface area (Å²) in [5, 5.41) is 0. The number of piperidine rings is 1. The van der Waals surface area contributed by atoms with E-state index in [1.165, 1.54) is 7.11 Å². The van der Waals surface area contributed by atoms with E-state index in [2.05, 4.69) is 0 Å². The molecule has 0 aromatic carbocycles. The van der Waals surface area contributed by atoms with Crippen LogP contribution in [0.3, 0.4) is 0 Å². The van der Waals surface area contributed by atoms with E-state index in [0.29, 0.717) is 25.9 Å². The van der Waals surface area contributed by atoms with E-state index in [4.69, 9.17) is 14.2 Å². The number of amides is 1. The van der Waals surface area contributed by atoms with Gasteiger partial charge in [-0.15, -0.1) is 0 Å². The Morgan fingerprint density at radius 3 is 2.13 bits per heavy atom. The van der Waals surface area contributed by atoms with E-state index in [0.717, 1.165) is 0 Å². The van der Waals surface area contributed by atoms with Crippen LogP contribution in [0.25, 0.3) is 0 Å². The van der Waals surface area contributed by atoms with Gasteiger partial charge in [0.15, 0.2) is 5.78 Å². The number of Topliss-reactive ketones (excluding diaryl/α,β-unsaturated/α-hetero) is 1. The molecule has 0 atom stereocenters. The lowest BCUT2D eigenvalue weighted by atomic mass is 9.85. The Balaban J connectivity index is 2.64. The largest absolute Gasteiger partial charge is 0.466 e. The van der Waals surface area contributed by atoms with Crippen molar-refractivity contribution in [2.45, 2.75) is 58.2 Å². The molecular weight excluding hydrogens is 302 g/mol. The highest BCUT2D eigenvalue weighted by Gasteiger charge is 2.43. The summed E-state index contributed by atoms with van der Waals surface area (Å²) in [6, 6.07) is 0. The standard InChI is InChI=1S/C16H27NO6/c1-6-22-13(19)11-12(18)16(21-5)7-9-17(10-8-16)14(20)23-15(2,3)4/h6-11H2,1-5H3. The van der Waals surface area contributed by atoms with Gasteiger partial charge >= 0.3 is 12.1 Å². The number of nitrogens with zero attached hydrogens (tertiary/aromatic N) is 1. The van der Waals surface area contributed by atoms with Crippen molar-refractivity contribution in [2.24, 2.45) is 0 Å². The molecule has 0 bridgehead atoms. The Morgan fingerprint density at radius 2 is 1.70 bits per heavy atom.